The van der Waals surface area contributed by atoms with E-state index in [0.717, 1.165) is 78.0 Å². The number of pyridine rings is 1. The fourth-order valence-corrected chi connectivity index (χ4v) is 5.63. The van der Waals surface area contributed by atoms with E-state index in [1.807, 2.05) is 25.1 Å². The Morgan fingerprint density at radius 2 is 1.89 bits per heavy atom. The Kier molecular flexibility index (Phi) is 6.73. The van der Waals surface area contributed by atoms with Crippen LogP contribution in [-0.2, 0) is 16.4 Å². The molecule has 3 heterocycles. The summed E-state index contributed by atoms with van der Waals surface area (Å²) in [6.07, 6.45) is 7.68. The summed E-state index contributed by atoms with van der Waals surface area (Å²) in [5.74, 6) is 1.65. The van der Waals surface area contributed by atoms with Crippen LogP contribution in [0.1, 0.15) is 43.5 Å². The van der Waals surface area contributed by atoms with Crippen molar-refractivity contribution in [1.29, 1.82) is 0 Å². The Morgan fingerprint density at radius 1 is 1.08 bits per heavy atom. The normalized spacial score (nSPS) is 16.5. The second-order valence-corrected chi connectivity index (χ2v) is 11.0. The molecule has 1 aliphatic heterocycles. The van der Waals surface area contributed by atoms with Crippen molar-refractivity contribution in [3.63, 3.8) is 0 Å². The molecule has 2 aromatic carbocycles. The zero-order valence-corrected chi connectivity index (χ0v) is 21.1. The summed E-state index contributed by atoms with van der Waals surface area (Å²) in [6, 6.07) is 16.3. The number of aryl methyl sites for hydroxylation is 2. The van der Waals surface area contributed by atoms with Gasteiger partial charge in [-0.2, -0.15) is 0 Å². The minimum Gasteiger partial charge on any atom is -0.387 e. The first-order valence-electron chi connectivity index (χ1n) is 12.2. The van der Waals surface area contributed by atoms with Gasteiger partial charge < -0.3 is 10.7 Å². The van der Waals surface area contributed by atoms with E-state index in [9.17, 15) is 8.42 Å². The highest BCUT2D eigenvalue weighted by molar-refractivity contribution is 7.92. The maximum Gasteiger partial charge on any atom is 0.261 e. The number of para-hydroxylation sites is 1. The second kappa shape index (κ2) is 10.1. The van der Waals surface area contributed by atoms with Gasteiger partial charge in [0.2, 0.25) is 0 Å². The molecule has 36 heavy (non-hydrogen) atoms. The van der Waals surface area contributed by atoms with Crippen LogP contribution in [0.4, 0.5) is 5.69 Å². The molecule has 5 rings (SSSR count). The van der Waals surface area contributed by atoms with Gasteiger partial charge in [-0.25, -0.2) is 18.4 Å². The van der Waals surface area contributed by atoms with Crippen molar-refractivity contribution in [2.75, 3.05) is 4.72 Å². The average Bonchev–Trinajstić information content (AvgIpc) is 3.16. The molecule has 0 spiro atoms. The lowest BCUT2D eigenvalue weighted by molar-refractivity contribution is 0.548. The molecular weight excluding hydrogens is 472 g/mol. The molecular formula is C27H30N6O2S. The Morgan fingerprint density at radius 3 is 2.69 bits per heavy atom. The molecule has 186 valence electrons. The maximum absolute atomic E-state index is 12.8. The lowest BCUT2D eigenvalue weighted by Gasteiger charge is -2.11. The maximum atomic E-state index is 12.8. The fourth-order valence-electron chi connectivity index (χ4n) is 4.50. The smallest absolute Gasteiger partial charge is 0.261 e. The zero-order chi connectivity index (χ0) is 25.1. The van der Waals surface area contributed by atoms with Crippen LogP contribution in [0.3, 0.4) is 0 Å². The molecule has 0 radical (unpaired) electrons. The van der Waals surface area contributed by atoms with Crippen molar-refractivity contribution in [3.05, 3.63) is 72.2 Å². The van der Waals surface area contributed by atoms with Crippen molar-refractivity contribution >= 4 is 32.7 Å². The number of H-pyrrole nitrogens is 1. The zero-order valence-electron chi connectivity index (χ0n) is 20.2. The molecule has 0 saturated heterocycles. The van der Waals surface area contributed by atoms with E-state index in [1.165, 1.54) is 0 Å². The van der Waals surface area contributed by atoms with Gasteiger partial charge in [0.1, 0.15) is 11.3 Å². The van der Waals surface area contributed by atoms with Crippen LogP contribution in [0.25, 0.3) is 22.3 Å². The Balaban J connectivity index is 1.30. The Hall–Kier alpha value is -3.72. The summed E-state index contributed by atoms with van der Waals surface area (Å²) in [5.41, 5.74) is 10.7. The van der Waals surface area contributed by atoms with Crippen molar-refractivity contribution in [2.45, 2.75) is 56.4 Å². The van der Waals surface area contributed by atoms with Gasteiger partial charge in [-0.1, -0.05) is 36.8 Å². The number of amidine groups is 1. The van der Waals surface area contributed by atoms with E-state index in [1.54, 1.807) is 42.6 Å². The second-order valence-electron chi connectivity index (χ2n) is 9.28. The summed E-state index contributed by atoms with van der Waals surface area (Å²) in [7, 11) is -3.69. The first kappa shape index (κ1) is 24.0. The van der Waals surface area contributed by atoms with Crippen LogP contribution in [0.15, 0.2) is 70.7 Å². The van der Waals surface area contributed by atoms with Gasteiger partial charge in [-0.15, -0.1) is 0 Å². The number of fused-ring (bicyclic) bond motifs is 1. The molecule has 0 saturated carbocycles. The van der Waals surface area contributed by atoms with Gasteiger partial charge in [-0.05, 0) is 61.6 Å². The van der Waals surface area contributed by atoms with Gasteiger partial charge in [0.05, 0.1) is 22.5 Å². The van der Waals surface area contributed by atoms with E-state index in [-0.39, 0.29) is 10.9 Å². The molecule has 0 aliphatic carbocycles. The number of sulfonamides is 1. The summed E-state index contributed by atoms with van der Waals surface area (Å²) >= 11 is 0. The van der Waals surface area contributed by atoms with E-state index < -0.39 is 10.0 Å². The number of aromatic nitrogens is 3. The number of hydrogen-bond acceptors (Lipinski definition) is 6. The van der Waals surface area contributed by atoms with Crippen LogP contribution in [0.2, 0.25) is 0 Å². The number of nitrogens with zero attached hydrogens (tertiary/aromatic N) is 3. The van der Waals surface area contributed by atoms with Gasteiger partial charge >= 0.3 is 0 Å². The molecule has 1 atom stereocenters. The largest absolute Gasteiger partial charge is 0.387 e. The number of aromatic amines is 1. The van der Waals surface area contributed by atoms with E-state index in [0.29, 0.717) is 5.69 Å². The van der Waals surface area contributed by atoms with E-state index in [2.05, 4.69) is 19.7 Å². The number of nitrogens with two attached hydrogens (primary N) is 1. The van der Waals surface area contributed by atoms with Crippen molar-refractivity contribution < 1.29 is 8.42 Å². The average molecular weight is 503 g/mol. The summed E-state index contributed by atoms with van der Waals surface area (Å²) in [6.45, 7) is 1.87. The number of aliphatic imine (C=N–C) groups is 1. The van der Waals surface area contributed by atoms with Crippen LogP contribution >= 0.6 is 0 Å². The third-order valence-corrected chi connectivity index (χ3v) is 7.94. The van der Waals surface area contributed by atoms with Crippen LogP contribution in [0.5, 0.6) is 0 Å². The molecule has 0 amide bonds. The van der Waals surface area contributed by atoms with Crippen molar-refractivity contribution in [1.82, 2.24) is 15.0 Å². The highest BCUT2D eigenvalue weighted by Crippen LogP contribution is 2.25. The minimum atomic E-state index is -3.69. The van der Waals surface area contributed by atoms with Crippen molar-refractivity contribution in [3.8, 4) is 11.1 Å². The fraction of sp³-hybridized carbons (Fsp3) is 0.296. The summed E-state index contributed by atoms with van der Waals surface area (Å²) in [5, 5.41) is 0. The monoisotopic (exact) mass is 502 g/mol. The molecule has 0 bridgehead atoms. The summed E-state index contributed by atoms with van der Waals surface area (Å²) < 4.78 is 28.3. The SMILES string of the molecule is Cc1ccccc1NS(=O)(=O)c1ccc(-c2cnc3[nH]c(CCC4CCCCC(N)=N4)nc3c2)cc1. The Bertz CT molecular complexity index is 1510. The highest BCUT2D eigenvalue weighted by atomic mass is 32.2. The third kappa shape index (κ3) is 5.41. The first-order chi connectivity index (χ1) is 17.4. The van der Waals surface area contributed by atoms with E-state index >= 15 is 0 Å². The number of anilines is 1. The van der Waals surface area contributed by atoms with E-state index in [4.69, 9.17) is 10.7 Å². The number of imidazole rings is 1. The predicted octanol–water partition coefficient (Wildman–Crippen LogP) is 4.97. The quantitative estimate of drug-likeness (QED) is 0.329. The molecule has 1 aliphatic rings. The standard InChI is InChI=1S/C27H30N6O2S/c1-18-6-2-4-8-23(18)33-36(34,35)22-13-10-19(11-14-22)20-16-24-27(29-17-20)32-26(31-24)15-12-21-7-3-5-9-25(28)30-21/h2,4,6,8,10-11,13-14,16-17,21,33H,3,5,7,9,12,15H2,1H3,(H2,28,30)(H,29,31,32). The molecule has 0 fully saturated rings. The van der Waals surface area contributed by atoms with Crippen LogP contribution in [-0.4, -0.2) is 35.2 Å². The van der Waals surface area contributed by atoms with Gasteiger partial charge in [0.25, 0.3) is 10.0 Å². The van der Waals surface area contributed by atoms with Gasteiger partial charge in [0, 0.05) is 24.6 Å². The highest BCUT2D eigenvalue weighted by Gasteiger charge is 2.16. The lowest BCUT2D eigenvalue weighted by Crippen LogP contribution is -2.14. The minimum absolute atomic E-state index is 0.201. The number of benzene rings is 2. The van der Waals surface area contributed by atoms with Crippen LogP contribution in [0, 0.1) is 6.92 Å². The first-order valence-corrected chi connectivity index (χ1v) is 13.7. The molecule has 2 aromatic heterocycles. The Labute approximate surface area is 211 Å². The summed E-state index contributed by atoms with van der Waals surface area (Å²) in [4.78, 5) is 17.4. The van der Waals surface area contributed by atoms with Crippen molar-refractivity contribution in [2.24, 2.45) is 10.7 Å². The van der Waals surface area contributed by atoms with Crippen LogP contribution < -0.4 is 10.5 Å². The number of hydrogen-bond donors (Lipinski definition) is 3. The predicted molar refractivity (Wildman–Crippen MR) is 144 cm³/mol. The topological polar surface area (TPSA) is 126 Å². The van der Waals surface area contributed by atoms with Gasteiger partial charge in [0.15, 0.2) is 5.65 Å². The third-order valence-electron chi connectivity index (χ3n) is 6.56. The lowest BCUT2D eigenvalue weighted by atomic mass is 10.1. The molecule has 4 aromatic rings. The number of nitrogens with one attached hydrogen (secondary N) is 2. The molecule has 4 N–H and O–H groups in total. The van der Waals surface area contributed by atoms with Gasteiger partial charge in [-0.3, -0.25) is 9.71 Å². The molecule has 1 unspecified atom stereocenters. The molecule has 8 nitrogen and oxygen atoms in total. The molecule has 9 heteroatoms. The number of rotatable bonds is 7.